The first-order valence-corrected chi connectivity index (χ1v) is 7.01. The Bertz CT molecular complexity index is 453. The van der Waals surface area contributed by atoms with Crippen molar-refractivity contribution in [1.29, 1.82) is 0 Å². The van der Waals surface area contributed by atoms with Gasteiger partial charge in [0.05, 0.1) is 5.51 Å². The number of thiazole rings is 1. The summed E-state index contributed by atoms with van der Waals surface area (Å²) in [5.74, 6) is 0.185. The Morgan fingerprint density at radius 3 is 2.72 bits per heavy atom. The van der Waals surface area contributed by atoms with E-state index in [1.807, 2.05) is 23.8 Å². The van der Waals surface area contributed by atoms with Crippen molar-refractivity contribution in [3.05, 3.63) is 52.2 Å². The largest absolute Gasteiger partial charge is 0.316 e. The van der Waals surface area contributed by atoms with Crippen molar-refractivity contribution >= 4 is 11.3 Å². The van der Waals surface area contributed by atoms with Gasteiger partial charge < -0.3 is 5.32 Å². The van der Waals surface area contributed by atoms with Crippen molar-refractivity contribution in [3.63, 3.8) is 0 Å². The van der Waals surface area contributed by atoms with Crippen molar-refractivity contribution in [2.75, 3.05) is 13.1 Å². The fraction of sp³-hybridized carbons (Fsp3) is 0.357. The van der Waals surface area contributed by atoms with Crippen LogP contribution in [0.25, 0.3) is 0 Å². The first-order chi connectivity index (χ1) is 8.79. The molecule has 0 saturated carbocycles. The van der Waals surface area contributed by atoms with E-state index in [0.717, 1.165) is 19.5 Å². The predicted molar refractivity (Wildman–Crippen MR) is 73.5 cm³/mol. The summed E-state index contributed by atoms with van der Waals surface area (Å²) in [6.45, 7) is 3.94. The topological polar surface area (TPSA) is 24.9 Å². The molecule has 96 valence electrons. The van der Waals surface area contributed by atoms with Gasteiger partial charge in [-0.3, -0.25) is 4.98 Å². The molecule has 1 heterocycles. The van der Waals surface area contributed by atoms with Crippen LogP contribution in [0, 0.1) is 5.82 Å². The highest BCUT2D eigenvalue weighted by molar-refractivity contribution is 7.09. The molecule has 0 amide bonds. The highest BCUT2D eigenvalue weighted by atomic mass is 32.1. The number of hydrogen-bond acceptors (Lipinski definition) is 3. The highest BCUT2D eigenvalue weighted by Gasteiger charge is 2.13. The minimum absolute atomic E-state index is 0.182. The van der Waals surface area contributed by atoms with Crippen LogP contribution >= 0.6 is 11.3 Å². The van der Waals surface area contributed by atoms with Crippen LogP contribution in [0.3, 0.4) is 0 Å². The van der Waals surface area contributed by atoms with Gasteiger partial charge in [0.25, 0.3) is 0 Å². The smallest absolute Gasteiger partial charge is 0.123 e. The third-order valence-corrected chi connectivity index (χ3v) is 3.72. The Morgan fingerprint density at radius 1 is 1.33 bits per heavy atom. The molecule has 1 unspecified atom stereocenters. The second-order valence-corrected chi connectivity index (χ2v) is 5.20. The summed E-state index contributed by atoms with van der Waals surface area (Å²) in [6, 6.07) is 6.80. The van der Waals surface area contributed by atoms with Crippen LogP contribution in [0.4, 0.5) is 4.39 Å². The molecular weight excluding hydrogens is 247 g/mol. The van der Waals surface area contributed by atoms with E-state index in [2.05, 4.69) is 17.2 Å². The average molecular weight is 264 g/mol. The minimum Gasteiger partial charge on any atom is -0.316 e. The second kappa shape index (κ2) is 6.61. The first kappa shape index (κ1) is 13.2. The molecule has 2 nitrogen and oxygen atoms in total. The van der Waals surface area contributed by atoms with Gasteiger partial charge >= 0.3 is 0 Å². The van der Waals surface area contributed by atoms with Crippen molar-refractivity contribution in [2.24, 2.45) is 0 Å². The van der Waals surface area contributed by atoms with Crippen molar-refractivity contribution in [2.45, 2.75) is 19.3 Å². The second-order valence-electron chi connectivity index (χ2n) is 4.23. The summed E-state index contributed by atoms with van der Waals surface area (Å²) in [5, 5.41) is 3.36. The van der Waals surface area contributed by atoms with Gasteiger partial charge in [0.2, 0.25) is 0 Å². The van der Waals surface area contributed by atoms with Gasteiger partial charge in [0.1, 0.15) is 5.82 Å². The van der Waals surface area contributed by atoms with Gasteiger partial charge in [-0.25, -0.2) is 4.39 Å². The van der Waals surface area contributed by atoms with Crippen molar-refractivity contribution in [1.82, 2.24) is 10.3 Å². The van der Waals surface area contributed by atoms with Crippen molar-refractivity contribution < 1.29 is 4.39 Å². The van der Waals surface area contributed by atoms with Crippen LogP contribution < -0.4 is 5.32 Å². The first-order valence-electron chi connectivity index (χ1n) is 6.13. The van der Waals surface area contributed by atoms with E-state index in [0.29, 0.717) is 5.92 Å². The predicted octanol–water partition coefficient (Wildman–Crippen LogP) is 3.22. The Balaban J connectivity index is 2.11. The maximum absolute atomic E-state index is 13.0. The van der Waals surface area contributed by atoms with E-state index < -0.39 is 0 Å². The normalized spacial score (nSPS) is 12.6. The SMILES string of the molecule is CCNCC(Cc1cncs1)c1ccc(F)cc1. The lowest BCUT2D eigenvalue weighted by Crippen LogP contribution is -2.22. The molecule has 2 aromatic rings. The molecule has 0 radical (unpaired) electrons. The Hall–Kier alpha value is -1.26. The lowest BCUT2D eigenvalue weighted by molar-refractivity contribution is 0.592. The van der Waals surface area contributed by atoms with Gasteiger partial charge in [0.15, 0.2) is 0 Å². The maximum Gasteiger partial charge on any atom is 0.123 e. The van der Waals surface area contributed by atoms with E-state index >= 15 is 0 Å². The summed E-state index contributed by atoms with van der Waals surface area (Å²) in [7, 11) is 0. The van der Waals surface area contributed by atoms with Crippen LogP contribution in [0.5, 0.6) is 0 Å². The minimum atomic E-state index is -0.182. The van der Waals surface area contributed by atoms with Crippen LogP contribution in [0.1, 0.15) is 23.3 Å². The zero-order chi connectivity index (χ0) is 12.8. The highest BCUT2D eigenvalue weighted by Crippen LogP contribution is 2.22. The summed E-state index contributed by atoms with van der Waals surface area (Å²) in [6.07, 6.45) is 2.86. The summed E-state index contributed by atoms with van der Waals surface area (Å²) in [4.78, 5) is 5.37. The quantitative estimate of drug-likeness (QED) is 0.866. The summed E-state index contributed by atoms with van der Waals surface area (Å²) in [5.41, 5.74) is 3.02. The number of likely N-dealkylation sites (N-methyl/N-ethyl adjacent to an activating group) is 1. The molecule has 1 atom stereocenters. The molecule has 1 aromatic carbocycles. The number of nitrogens with one attached hydrogen (secondary N) is 1. The van der Waals surface area contributed by atoms with Crippen LogP contribution in [0.15, 0.2) is 36.0 Å². The molecule has 0 spiro atoms. The molecule has 18 heavy (non-hydrogen) atoms. The lowest BCUT2D eigenvalue weighted by atomic mass is 9.95. The Labute approximate surface area is 111 Å². The third-order valence-electron chi connectivity index (χ3n) is 2.91. The molecular formula is C14H17FN2S. The molecule has 1 aromatic heterocycles. The van der Waals surface area contributed by atoms with Gasteiger partial charge in [-0.05, 0) is 30.7 Å². The number of rotatable bonds is 6. The third kappa shape index (κ3) is 3.62. The fourth-order valence-electron chi connectivity index (χ4n) is 1.95. The molecule has 2 rings (SSSR count). The summed E-state index contributed by atoms with van der Waals surface area (Å²) >= 11 is 1.67. The van der Waals surface area contributed by atoms with E-state index in [4.69, 9.17) is 0 Å². The molecule has 4 heteroatoms. The molecule has 0 saturated heterocycles. The number of nitrogens with zero attached hydrogens (tertiary/aromatic N) is 1. The van der Waals surface area contributed by atoms with Crippen LogP contribution in [-0.4, -0.2) is 18.1 Å². The monoisotopic (exact) mass is 264 g/mol. The van der Waals surface area contributed by atoms with Gasteiger partial charge in [-0.2, -0.15) is 0 Å². The molecule has 0 fully saturated rings. The van der Waals surface area contributed by atoms with E-state index in [9.17, 15) is 4.39 Å². The van der Waals surface area contributed by atoms with Gasteiger partial charge in [-0.1, -0.05) is 19.1 Å². The zero-order valence-electron chi connectivity index (χ0n) is 10.4. The summed E-state index contributed by atoms with van der Waals surface area (Å²) < 4.78 is 13.0. The molecule has 1 N–H and O–H groups in total. The molecule has 0 aliphatic carbocycles. The number of halogens is 1. The maximum atomic E-state index is 13.0. The zero-order valence-corrected chi connectivity index (χ0v) is 11.2. The number of aromatic nitrogens is 1. The lowest BCUT2D eigenvalue weighted by Gasteiger charge is -2.17. The molecule has 0 aliphatic heterocycles. The van der Waals surface area contributed by atoms with Crippen LogP contribution in [0.2, 0.25) is 0 Å². The standard InChI is InChI=1S/C14H17FN2S/c1-2-16-8-12(7-14-9-17-10-18-14)11-3-5-13(15)6-4-11/h3-6,9-10,12,16H,2,7-8H2,1H3. The number of benzene rings is 1. The van der Waals surface area contributed by atoms with E-state index in [1.165, 1.54) is 22.6 Å². The number of hydrogen-bond donors (Lipinski definition) is 1. The molecule has 0 bridgehead atoms. The fourth-order valence-corrected chi connectivity index (χ4v) is 2.62. The Kier molecular flexibility index (Phi) is 4.84. The average Bonchev–Trinajstić information content (AvgIpc) is 2.88. The Morgan fingerprint density at radius 2 is 2.11 bits per heavy atom. The van der Waals surface area contributed by atoms with Crippen molar-refractivity contribution in [3.8, 4) is 0 Å². The molecule has 0 aliphatic rings. The van der Waals surface area contributed by atoms with E-state index in [-0.39, 0.29) is 5.82 Å². The van der Waals surface area contributed by atoms with Gasteiger partial charge in [0, 0.05) is 23.5 Å². The van der Waals surface area contributed by atoms with E-state index in [1.54, 1.807) is 11.3 Å². The van der Waals surface area contributed by atoms with Gasteiger partial charge in [-0.15, -0.1) is 11.3 Å². The van der Waals surface area contributed by atoms with Crippen LogP contribution in [-0.2, 0) is 6.42 Å².